The number of unbranched alkanes of at least 4 members (excludes halogenated alkanes) is 4. The molecule has 0 aliphatic heterocycles. The Bertz CT molecular complexity index is 597. The van der Waals surface area contributed by atoms with Crippen molar-refractivity contribution in [1.82, 2.24) is 0 Å². The summed E-state index contributed by atoms with van der Waals surface area (Å²) < 4.78 is 6.84. The number of aryl methyl sites for hydroxylation is 2. The predicted molar refractivity (Wildman–Crippen MR) is 122 cm³/mol. The Morgan fingerprint density at radius 2 is 1.37 bits per heavy atom. The standard InChI is InChI=1S/C25H44OSi/c1-8-10-12-13-15-21-17-16-20(14-11-9-2)23-18-22(19-24(21)23)26-27(6,7)25(3,4)5/h16-17,22H,8-15,18-19H2,1-7H3. The van der Waals surface area contributed by atoms with Crippen LogP contribution >= 0.6 is 0 Å². The van der Waals surface area contributed by atoms with Crippen LogP contribution in [-0.4, -0.2) is 14.4 Å². The van der Waals surface area contributed by atoms with Gasteiger partial charge in [-0.15, -0.1) is 0 Å². The summed E-state index contributed by atoms with van der Waals surface area (Å²) in [5.74, 6) is 0. The van der Waals surface area contributed by atoms with Crippen molar-refractivity contribution in [3.8, 4) is 0 Å². The maximum Gasteiger partial charge on any atom is 0.192 e. The third-order valence-corrected chi connectivity index (χ3v) is 11.4. The van der Waals surface area contributed by atoms with Crippen molar-refractivity contribution >= 4 is 8.32 Å². The van der Waals surface area contributed by atoms with E-state index in [1.54, 1.807) is 22.3 Å². The second kappa shape index (κ2) is 9.74. The van der Waals surface area contributed by atoms with Crippen LogP contribution in [0.3, 0.4) is 0 Å². The number of hydrogen-bond acceptors (Lipinski definition) is 1. The molecule has 1 unspecified atom stereocenters. The molecule has 0 radical (unpaired) electrons. The van der Waals surface area contributed by atoms with E-state index in [0.717, 1.165) is 12.8 Å². The van der Waals surface area contributed by atoms with Crippen LogP contribution in [0.25, 0.3) is 0 Å². The number of rotatable bonds is 10. The lowest BCUT2D eigenvalue weighted by atomic mass is 9.92. The molecule has 0 fully saturated rings. The van der Waals surface area contributed by atoms with Gasteiger partial charge >= 0.3 is 0 Å². The quantitative estimate of drug-likeness (QED) is 0.295. The minimum Gasteiger partial charge on any atom is -0.413 e. The summed E-state index contributed by atoms with van der Waals surface area (Å²) in [6.45, 7) is 16.5. The Morgan fingerprint density at radius 3 is 1.85 bits per heavy atom. The molecule has 0 saturated heterocycles. The Labute approximate surface area is 170 Å². The molecule has 27 heavy (non-hydrogen) atoms. The van der Waals surface area contributed by atoms with Gasteiger partial charge in [-0.05, 0) is 78.9 Å². The molecule has 0 amide bonds. The molecular formula is C25H44OSi. The molecule has 1 aliphatic carbocycles. The first-order chi connectivity index (χ1) is 12.7. The zero-order valence-corrected chi connectivity index (χ0v) is 20.2. The molecule has 0 heterocycles. The molecule has 0 aromatic heterocycles. The minimum atomic E-state index is -1.71. The molecule has 1 nitrogen and oxygen atoms in total. The van der Waals surface area contributed by atoms with Gasteiger partial charge in [-0.1, -0.05) is 72.4 Å². The Balaban J connectivity index is 2.17. The van der Waals surface area contributed by atoms with Crippen LogP contribution in [0.15, 0.2) is 12.1 Å². The number of benzene rings is 1. The highest BCUT2D eigenvalue weighted by atomic mass is 28.4. The second-order valence-electron chi connectivity index (χ2n) is 10.2. The van der Waals surface area contributed by atoms with Gasteiger partial charge in [-0.25, -0.2) is 0 Å². The highest BCUT2D eigenvalue weighted by molar-refractivity contribution is 6.74. The Hall–Kier alpha value is -0.603. The highest BCUT2D eigenvalue weighted by Crippen LogP contribution is 2.40. The van der Waals surface area contributed by atoms with Gasteiger partial charge in [0.25, 0.3) is 0 Å². The maximum atomic E-state index is 6.84. The third-order valence-electron chi connectivity index (χ3n) is 6.86. The summed E-state index contributed by atoms with van der Waals surface area (Å²) in [6, 6.07) is 4.89. The van der Waals surface area contributed by atoms with E-state index in [1.165, 1.54) is 51.4 Å². The van der Waals surface area contributed by atoms with Gasteiger partial charge in [-0.3, -0.25) is 0 Å². The predicted octanol–water partition coefficient (Wildman–Crippen LogP) is 7.64. The van der Waals surface area contributed by atoms with E-state index >= 15 is 0 Å². The van der Waals surface area contributed by atoms with E-state index in [0.29, 0.717) is 6.10 Å². The number of fused-ring (bicyclic) bond motifs is 1. The molecular weight excluding hydrogens is 344 g/mol. The first-order valence-corrected chi connectivity index (χ1v) is 14.4. The molecule has 1 aliphatic rings. The molecule has 0 saturated carbocycles. The summed E-state index contributed by atoms with van der Waals surface area (Å²) in [6.07, 6.45) is 13.1. The van der Waals surface area contributed by atoms with Gasteiger partial charge < -0.3 is 4.43 Å². The smallest absolute Gasteiger partial charge is 0.192 e. The van der Waals surface area contributed by atoms with Gasteiger partial charge in [0.05, 0.1) is 6.10 Å². The van der Waals surface area contributed by atoms with Crippen molar-refractivity contribution in [3.05, 3.63) is 34.4 Å². The summed E-state index contributed by atoms with van der Waals surface area (Å²) in [5, 5.41) is 0.287. The molecule has 1 aromatic rings. The highest BCUT2D eigenvalue weighted by Gasteiger charge is 2.40. The molecule has 0 bridgehead atoms. The van der Waals surface area contributed by atoms with E-state index in [9.17, 15) is 0 Å². The van der Waals surface area contributed by atoms with E-state index in [1.807, 2.05) is 0 Å². The van der Waals surface area contributed by atoms with Crippen molar-refractivity contribution < 1.29 is 4.43 Å². The largest absolute Gasteiger partial charge is 0.413 e. The minimum absolute atomic E-state index is 0.287. The lowest BCUT2D eigenvalue weighted by molar-refractivity contribution is 0.191. The van der Waals surface area contributed by atoms with Gasteiger partial charge in [0.1, 0.15) is 0 Å². The van der Waals surface area contributed by atoms with E-state index < -0.39 is 8.32 Å². The zero-order valence-electron chi connectivity index (χ0n) is 19.2. The first kappa shape index (κ1) is 22.7. The van der Waals surface area contributed by atoms with Crippen LogP contribution in [0.2, 0.25) is 18.1 Å². The van der Waals surface area contributed by atoms with Crippen LogP contribution in [0.4, 0.5) is 0 Å². The average Bonchev–Trinajstić information content (AvgIpc) is 2.99. The fourth-order valence-corrected chi connectivity index (χ4v) is 5.43. The van der Waals surface area contributed by atoms with Gasteiger partial charge in [-0.2, -0.15) is 0 Å². The van der Waals surface area contributed by atoms with Gasteiger partial charge in [0, 0.05) is 0 Å². The molecule has 154 valence electrons. The van der Waals surface area contributed by atoms with Gasteiger partial charge in [0.15, 0.2) is 8.32 Å². The lowest BCUT2D eigenvalue weighted by Crippen LogP contribution is -2.44. The summed E-state index contributed by atoms with van der Waals surface area (Å²) >= 11 is 0. The summed E-state index contributed by atoms with van der Waals surface area (Å²) in [7, 11) is -1.71. The van der Waals surface area contributed by atoms with Crippen LogP contribution in [0, 0.1) is 0 Å². The Kier molecular flexibility index (Phi) is 8.18. The maximum absolute atomic E-state index is 6.84. The first-order valence-electron chi connectivity index (χ1n) is 11.5. The normalized spacial score (nSPS) is 17.4. The second-order valence-corrected chi connectivity index (χ2v) is 14.9. The number of hydrogen-bond donors (Lipinski definition) is 0. The van der Waals surface area contributed by atoms with Crippen LogP contribution in [-0.2, 0) is 30.1 Å². The fourth-order valence-electron chi connectivity index (χ4n) is 4.08. The van der Waals surface area contributed by atoms with Crippen LogP contribution < -0.4 is 0 Å². The topological polar surface area (TPSA) is 9.23 Å². The molecule has 0 N–H and O–H groups in total. The third kappa shape index (κ3) is 5.94. The zero-order chi connectivity index (χ0) is 20.1. The lowest BCUT2D eigenvalue weighted by Gasteiger charge is -2.38. The van der Waals surface area contributed by atoms with E-state index in [2.05, 4.69) is 59.8 Å². The van der Waals surface area contributed by atoms with Crippen molar-refractivity contribution in [3.63, 3.8) is 0 Å². The summed E-state index contributed by atoms with van der Waals surface area (Å²) in [5.41, 5.74) is 6.53. The van der Waals surface area contributed by atoms with Crippen molar-refractivity contribution in [1.29, 1.82) is 0 Å². The molecule has 1 atom stereocenters. The monoisotopic (exact) mass is 388 g/mol. The van der Waals surface area contributed by atoms with Crippen molar-refractivity contribution in [2.75, 3.05) is 0 Å². The average molecular weight is 389 g/mol. The van der Waals surface area contributed by atoms with Crippen molar-refractivity contribution in [2.24, 2.45) is 0 Å². The molecule has 1 aromatic carbocycles. The van der Waals surface area contributed by atoms with E-state index in [4.69, 9.17) is 4.43 Å². The fraction of sp³-hybridized carbons (Fsp3) is 0.760. The van der Waals surface area contributed by atoms with E-state index in [-0.39, 0.29) is 5.04 Å². The van der Waals surface area contributed by atoms with Crippen LogP contribution in [0.5, 0.6) is 0 Å². The molecule has 0 spiro atoms. The summed E-state index contributed by atoms with van der Waals surface area (Å²) in [4.78, 5) is 0. The SMILES string of the molecule is CCCCCCc1ccc(CCCC)c2c1CC(O[Si](C)(C)C(C)(C)C)C2. The Morgan fingerprint density at radius 1 is 0.852 bits per heavy atom. The van der Waals surface area contributed by atoms with Crippen LogP contribution in [0.1, 0.15) is 95.4 Å². The molecule has 2 heteroatoms. The van der Waals surface area contributed by atoms with Crippen molar-refractivity contribution in [2.45, 2.75) is 123 Å². The van der Waals surface area contributed by atoms with Gasteiger partial charge in [0.2, 0.25) is 0 Å². The molecule has 2 rings (SSSR count).